The molecular formula is C38H52FN5O4. The second-order valence-corrected chi connectivity index (χ2v) is 12.2. The fraction of sp³-hybridized carbons (Fsp3) is 0.474. The number of aromatic amines is 1. The first-order valence-electron chi connectivity index (χ1n) is 17.1. The van der Waals surface area contributed by atoms with E-state index in [1.54, 1.807) is 37.5 Å². The molecule has 1 aliphatic rings. The summed E-state index contributed by atoms with van der Waals surface area (Å²) in [6, 6.07) is 12.7. The topological polar surface area (TPSA) is 103 Å². The lowest BCUT2D eigenvalue weighted by atomic mass is 9.79. The van der Waals surface area contributed by atoms with E-state index in [9.17, 15) is 0 Å². The number of hydrogen-bond acceptors (Lipinski definition) is 8. The third-order valence-electron chi connectivity index (χ3n) is 8.67. The highest BCUT2D eigenvalue weighted by molar-refractivity contribution is 5.87. The molecule has 1 saturated heterocycles. The summed E-state index contributed by atoms with van der Waals surface area (Å²) < 4.78 is 38.6. The Morgan fingerprint density at radius 1 is 1.06 bits per heavy atom. The molecule has 1 unspecified atom stereocenters. The molecule has 0 amide bonds. The van der Waals surface area contributed by atoms with Crippen LogP contribution in [0.5, 0.6) is 23.1 Å². The summed E-state index contributed by atoms with van der Waals surface area (Å²) in [5.41, 5.74) is 3.56. The standard InChI is InChI=1S/C33H45FN4O4.C5H7N/c1-5-12-33(14-18-40-22-33)13-16-36-15-7-8-17-41-30-21-27-26(20-29(30)39-4)32(38-23-37-27)42-28-11-9-10-24(31(28)34)19-25(6-2)35-3;1-5-3-2-4-6-5/h9-11,19-21,23,35-36H,5-8,12-18,22H2,1-4H3;2-4,6H,1H3/b25-19-;. The molecule has 2 aromatic carbocycles. The molecule has 3 N–H and O–H groups in total. The van der Waals surface area contributed by atoms with Crippen LogP contribution in [0.3, 0.4) is 0 Å². The van der Waals surface area contributed by atoms with Crippen LogP contribution in [0.4, 0.5) is 4.39 Å². The minimum absolute atomic E-state index is 0.0836. The van der Waals surface area contributed by atoms with Gasteiger partial charge in [0.25, 0.3) is 0 Å². The quantitative estimate of drug-likeness (QED) is 0.0974. The molecule has 0 bridgehead atoms. The Balaban J connectivity index is 0.000000780. The van der Waals surface area contributed by atoms with Gasteiger partial charge < -0.3 is 34.6 Å². The third-order valence-corrected chi connectivity index (χ3v) is 8.67. The number of aryl methyl sites for hydroxylation is 1. The molecule has 1 atom stereocenters. The van der Waals surface area contributed by atoms with Crippen molar-refractivity contribution in [3.8, 4) is 23.1 Å². The van der Waals surface area contributed by atoms with E-state index in [4.69, 9.17) is 18.9 Å². The van der Waals surface area contributed by atoms with Gasteiger partial charge in [-0.1, -0.05) is 32.4 Å². The van der Waals surface area contributed by atoms with Gasteiger partial charge in [0.05, 0.1) is 31.2 Å². The number of methoxy groups -OCH3 is 1. The van der Waals surface area contributed by atoms with Crippen LogP contribution in [0.15, 0.2) is 60.7 Å². The third kappa shape index (κ3) is 10.4. The smallest absolute Gasteiger partial charge is 0.230 e. The zero-order valence-corrected chi connectivity index (χ0v) is 29.2. The normalized spacial score (nSPS) is 16.0. The molecule has 0 aliphatic carbocycles. The maximum atomic E-state index is 15.3. The average molecular weight is 662 g/mol. The van der Waals surface area contributed by atoms with Crippen molar-refractivity contribution in [2.45, 2.75) is 65.7 Å². The van der Waals surface area contributed by atoms with Gasteiger partial charge in [-0.15, -0.1) is 0 Å². The van der Waals surface area contributed by atoms with Gasteiger partial charge in [-0.25, -0.2) is 14.4 Å². The van der Waals surface area contributed by atoms with Crippen LogP contribution in [0.1, 0.15) is 70.1 Å². The summed E-state index contributed by atoms with van der Waals surface area (Å²) >= 11 is 0. The molecule has 2 aromatic heterocycles. The van der Waals surface area contributed by atoms with Gasteiger partial charge in [0, 0.05) is 42.9 Å². The van der Waals surface area contributed by atoms with Crippen LogP contribution >= 0.6 is 0 Å². The number of halogens is 1. The van der Waals surface area contributed by atoms with E-state index in [1.165, 1.54) is 37.7 Å². The van der Waals surface area contributed by atoms with Crippen molar-refractivity contribution in [3.63, 3.8) is 0 Å². The van der Waals surface area contributed by atoms with Gasteiger partial charge in [0.15, 0.2) is 23.1 Å². The summed E-state index contributed by atoms with van der Waals surface area (Å²) in [6.45, 7) is 10.6. The van der Waals surface area contributed by atoms with Crippen molar-refractivity contribution in [1.82, 2.24) is 25.6 Å². The zero-order chi connectivity index (χ0) is 34.2. The van der Waals surface area contributed by atoms with E-state index in [0.717, 1.165) is 51.3 Å². The molecule has 0 radical (unpaired) electrons. The first-order valence-corrected chi connectivity index (χ1v) is 17.1. The lowest BCUT2D eigenvalue weighted by Crippen LogP contribution is -2.28. The Morgan fingerprint density at radius 2 is 1.94 bits per heavy atom. The minimum atomic E-state index is -0.458. The van der Waals surface area contributed by atoms with Crippen LogP contribution in [0.2, 0.25) is 0 Å². The first kappa shape index (κ1) is 36.7. The molecule has 9 nitrogen and oxygen atoms in total. The van der Waals surface area contributed by atoms with Crippen LogP contribution in [0.25, 0.3) is 17.0 Å². The number of hydrogen-bond donors (Lipinski definition) is 3. The number of rotatable bonds is 17. The molecular weight excluding hydrogens is 609 g/mol. The van der Waals surface area contributed by atoms with Crippen molar-refractivity contribution in [2.75, 3.05) is 47.1 Å². The zero-order valence-electron chi connectivity index (χ0n) is 29.2. The summed E-state index contributed by atoms with van der Waals surface area (Å²) in [6.07, 6.45) is 12.6. The Morgan fingerprint density at radius 3 is 2.60 bits per heavy atom. The molecule has 48 heavy (non-hydrogen) atoms. The van der Waals surface area contributed by atoms with Gasteiger partial charge >= 0.3 is 0 Å². The molecule has 5 rings (SSSR count). The minimum Gasteiger partial charge on any atom is -0.493 e. The number of benzene rings is 2. The van der Waals surface area contributed by atoms with Crippen LogP contribution in [-0.2, 0) is 4.74 Å². The molecule has 1 aliphatic heterocycles. The average Bonchev–Trinajstić information content (AvgIpc) is 3.78. The lowest BCUT2D eigenvalue weighted by Gasteiger charge is -2.27. The van der Waals surface area contributed by atoms with E-state index < -0.39 is 5.82 Å². The highest BCUT2D eigenvalue weighted by atomic mass is 19.1. The Bertz CT molecular complexity index is 1570. The predicted octanol–water partition coefficient (Wildman–Crippen LogP) is 8.21. The number of fused-ring (bicyclic) bond motifs is 1. The van der Waals surface area contributed by atoms with Crippen LogP contribution in [-0.4, -0.2) is 62.0 Å². The Labute approximate surface area is 284 Å². The highest BCUT2D eigenvalue weighted by Gasteiger charge is 2.33. The van der Waals surface area contributed by atoms with Gasteiger partial charge in [0.2, 0.25) is 5.88 Å². The second-order valence-electron chi connectivity index (χ2n) is 12.2. The van der Waals surface area contributed by atoms with Crippen LogP contribution < -0.4 is 24.8 Å². The van der Waals surface area contributed by atoms with Crippen molar-refractivity contribution in [1.29, 1.82) is 0 Å². The van der Waals surface area contributed by atoms with Crippen LogP contribution in [0, 0.1) is 18.2 Å². The summed E-state index contributed by atoms with van der Waals surface area (Å²) in [7, 11) is 3.41. The second kappa shape index (κ2) is 19.0. The summed E-state index contributed by atoms with van der Waals surface area (Å²) in [5.74, 6) is 1.01. The molecule has 260 valence electrons. The molecule has 3 heterocycles. The van der Waals surface area contributed by atoms with Crippen molar-refractivity contribution in [2.24, 2.45) is 5.41 Å². The summed E-state index contributed by atoms with van der Waals surface area (Å²) in [4.78, 5) is 11.7. The number of ether oxygens (including phenoxy) is 4. The highest BCUT2D eigenvalue weighted by Crippen LogP contribution is 2.38. The molecule has 0 spiro atoms. The van der Waals surface area contributed by atoms with Gasteiger partial charge in [-0.05, 0) is 94.3 Å². The van der Waals surface area contributed by atoms with Crippen molar-refractivity contribution < 1.29 is 23.3 Å². The molecule has 1 fully saturated rings. The number of aromatic nitrogens is 3. The van der Waals surface area contributed by atoms with Gasteiger partial charge in [-0.2, -0.15) is 0 Å². The maximum Gasteiger partial charge on any atom is 0.230 e. The number of unbranched alkanes of at least 4 members (excludes halogenated alkanes) is 1. The van der Waals surface area contributed by atoms with Gasteiger partial charge in [-0.3, -0.25) is 0 Å². The lowest BCUT2D eigenvalue weighted by molar-refractivity contribution is 0.138. The number of allylic oxidation sites excluding steroid dienone is 1. The van der Waals surface area contributed by atoms with Gasteiger partial charge in [0.1, 0.15) is 6.33 Å². The monoisotopic (exact) mass is 661 g/mol. The first-order chi connectivity index (χ1) is 23.4. The Hall–Kier alpha value is -4.15. The number of nitrogens with zero attached hydrogens (tertiary/aromatic N) is 2. The van der Waals surface area contributed by atoms with E-state index >= 15 is 4.39 Å². The Kier molecular flexibility index (Phi) is 14.5. The summed E-state index contributed by atoms with van der Waals surface area (Å²) in [5, 5.41) is 7.27. The SMILES string of the molecule is CCCC1(CCNCCCCOc2cc3ncnc(Oc4cccc(/C=C(/CC)NC)c4F)c3cc2OC)CCOC1.Cc1ccc[nH]1. The molecule has 4 aromatic rings. The van der Waals surface area contributed by atoms with Crippen molar-refractivity contribution >= 4 is 17.0 Å². The van der Waals surface area contributed by atoms with Crippen molar-refractivity contribution in [3.05, 3.63) is 77.8 Å². The van der Waals surface area contributed by atoms with E-state index in [1.807, 2.05) is 45.3 Å². The molecule has 10 heteroatoms. The fourth-order valence-corrected chi connectivity index (χ4v) is 5.89. The number of nitrogens with one attached hydrogen (secondary N) is 3. The van der Waals surface area contributed by atoms with E-state index in [-0.39, 0.29) is 11.6 Å². The van der Waals surface area contributed by atoms with E-state index in [2.05, 4.69) is 32.5 Å². The predicted molar refractivity (Wildman–Crippen MR) is 190 cm³/mol. The number of H-pyrrole nitrogens is 1. The fourth-order valence-electron chi connectivity index (χ4n) is 5.89. The maximum absolute atomic E-state index is 15.3. The van der Waals surface area contributed by atoms with E-state index in [0.29, 0.717) is 40.0 Å². The molecule has 0 saturated carbocycles. The largest absolute Gasteiger partial charge is 0.493 e.